The Labute approximate surface area is 163 Å². The summed E-state index contributed by atoms with van der Waals surface area (Å²) >= 11 is 0. The highest BCUT2D eigenvalue weighted by Gasteiger charge is 2.20. The highest BCUT2D eigenvalue weighted by molar-refractivity contribution is 4.66. The fourth-order valence-corrected chi connectivity index (χ4v) is 3.77. The summed E-state index contributed by atoms with van der Waals surface area (Å²) in [5, 5.41) is 10.6. The van der Waals surface area contributed by atoms with Crippen molar-refractivity contribution in [3.05, 3.63) is 0 Å². The Kier molecular flexibility index (Phi) is 13.5. The molecule has 3 N–H and O–H groups in total. The normalized spacial score (nSPS) is 21.2. The Hall–Kier alpha value is -0.240. The predicted molar refractivity (Wildman–Crippen MR) is 114 cm³/mol. The molecule has 156 valence electrons. The van der Waals surface area contributed by atoms with Crippen LogP contribution in [0.4, 0.5) is 0 Å². The molecule has 1 rings (SSSR count). The van der Waals surface area contributed by atoms with Gasteiger partial charge in [0.2, 0.25) is 0 Å². The van der Waals surface area contributed by atoms with Crippen LogP contribution in [0.1, 0.15) is 27.2 Å². The van der Waals surface area contributed by atoms with Crippen molar-refractivity contribution in [1.29, 1.82) is 0 Å². The van der Waals surface area contributed by atoms with Gasteiger partial charge in [0.05, 0.1) is 26.2 Å². The standard InChI is InChI=1S/C20H47N6/c1-5-26(6-2,7-3)20-8-15-25-17-14-23-12-10-21-9-11-22-13-16-24(4)18-19-25/h21-23H,5-20H2,1-4H3/q+1. The van der Waals surface area contributed by atoms with Crippen molar-refractivity contribution < 1.29 is 4.48 Å². The molecule has 0 aromatic carbocycles. The van der Waals surface area contributed by atoms with Crippen LogP contribution in [0.3, 0.4) is 0 Å². The van der Waals surface area contributed by atoms with E-state index in [0.717, 1.165) is 58.9 Å². The number of likely N-dealkylation sites (N-methyl/N-ethyl adjacent to an activating group) is 1. The smallest absolute Gasteiger partial charge is 0.0798 e. The minimum absolute atomic E-state index is 1.06. The molecule has 0 aromatic heterocycles. The molecule has 1 fully saturated rings. The van der Waals surface area contributed by atoms with Crippen LogP contribution in [0.25, 0.3) is 0 Å². The van der Waals surface area contributed by atoms with E-state index in [9.17, 15) is 0 Å². The second-order valence-corrected chi connectivity index (χ2v) is 7.76. The maximum atomic E-state index is 3.59. The van der Waals surface area contributed by atoms with Crippen LogP contribution in [-0.2, 0) is 0 Å². The lowest BCUT2D eigenvalue weighted by molar-refractivity contribution is -0.923. The summed E-state index contributed by atoms with van der Waals surface area (Å²) in [5.41, 5.74) is 0. The van der Waals surface area contributed by atoms with E-state index in [-0.39, 0.29) is 0 Å². The molecule has 0 aromatic rings. The van der Waals surface area contributed by atoms with Gasteiger partial charge in [-0.3, -0.25) is 0 Å². The molecule has 0 amide bonds. The van der Waals surface area contributed by atoms with Gasteiger partial charge < -0.3 is 30.2 Å². The van der Waals surface area contributed by atoms with Gasteiger partial charge in [0, 0.05) is 78.4 Å². The lowest BCUT2D eigenvalue weighted by Gasteiger charge is -2.36. The van der Waals surface area contributed by atoms with E-state index in [1.54, 1.807) is 0 Å². The van der Waals surface area contributed by atoms with E-state index in [0.29, 0.717) is 0 Å². The zero-order chi connectivity index (χ0) is 19.1. The highest BCUT2D eigenvalue weighted by Crippen LogP contribution is 2.08. The molecule has 6 heteroatoms. The van der Waals surface area contributed by atoms with E-state index in [1.807, 2.05) is 0 Å². The quantitative estimate of drug-likeness (QED) is 0.561. The molecule has 0 radical (unpaired) electrons. The highest BCUT2D eigenvalue weighted by atomic mass is 15.3. The maximum absolute atomic E-state index is 3.59. The van der Waals surface area contributed by atoms with Crippen molar-refractivity contribution in [2.75, 3.05) is 105 Å². The average Bonchev–Trinajstić information content (AvgIpc) is 2.67. The molecular formula is C20H47N6+. The molecule has 0 atom stereocenters. The first kappa shape index (κ1) is 23.8. The van der Waals surface area contributed by atoms with Crippen molar-refractivity contribution in [3.8, 4) is 0 Å². The number of quaternary nitrogens is 1. The second kappa shape index (κ2) is 14.8. The molecule has 6 nitrogen and oxygen atoms in total. The van der Waals surface area contributed by atoms with Crippen molar-refractivity contribution in [3.63, 3.8) is 0 Å². The van der Waals surface area contributed by atoms with Crippen LogP contribution < -0.4 is 16.0 Å². The third-order valence-electron chi connectivity index (χ3n) is 6.15. The second-order valence-electron chi connectivity index (χ2n) is 7.76. The lowest BCUT2D eigenvalue weighted by atomic mass is 10.2. The zero-order valence-corrected chi connectivity index (χ0v) is 18.2. The number of nitrogens with zero attached hydrogens (tertiary/aromatic N) is 3. The average molecular weight is 372 g/mol. The third kappa shape index (κ3) is 10.2. The van der Waals surface area contributed by atoms with E-state index >= 15 is 0 Å². The fourth-order valence-electron chi connectivity index (χ4n) is 3.77. The SMILES string of the molecule is CC[N+](CC)(CC)CCCN1CCNCCNCCNCCN(C)CC1. The number of hydrogen-bond donors (Lipinski definition) is 3. The van der Waals surface area contributed by atoms with Crippen LogP contribution >= 0.6 is 0 Å². The summed E-state index contributed by atoms with van der Waals surface area (Å²) < 4.78 is 1.27. The van der Waals surface area contributed by atoms with Crippen LogP contribution in [0.2, 0.25) is 0 Å². The van der Waals surface area contributed by atoms with Gasteiger partial charge in [0.1, 0.15) is 0 Å². The fraction of sp³-hybridized carbons (Fsp3) is 1.00. The molecule has 1 aliphatic rings. The van der Waals surface area contributed by atoms with Crippen LogP contribution in [-0.4, -0.2) is 120 Å². The maximum Gasteiger partial charge on any atom is 0.0798 e. The summed E-state index contributed by atoms with van der Waals surface area (Å²) in [5.74, 6) is 0. The summed E-state index contributed by atoms with van der Waals surface area (Å²) in [7, 11) is 2.25. The first-order chi connectivity index (χ1) is 12.7. The van der Waals surface area contributed by atoms with Crippen molar-refractivity contribution in [2.45, 2.75) is 27.2 Å². The van der Waals surface area contributed by atoms with Gasteiger partial charge in [-0.1, -0.05) is 0 Å². The van der Waals surface area contributed by atoms with Crippen LogP contribution in [0, 0.1) is 0 Å². The Balaban J connectivity index is 2.44. The summed E-state index contributed by atoms with van der Waals surface area (Å²) in [6.45, 7) is 24.4. The monoisotopic (exact) mass is 371 g/mol. The van der Waals surface area contributed by atoms with Gasteiger partial charge in [-0.15, -0.1) is 0 Å². The summed E-state index contributed by atoms with van der Waals surface area (Å²) in [6.07, 6.45) is 1.31. The van der Waals surface area contributed by atoms with E-state index < -0.39 is 0 Å². The van der Waals surface area contributed by atoms with Gasteiger partial charge in [-0.25, -0.2) is 0 Å². The third-order valence-corrected chi connectivity index (χ3v) is 6.15. The molecule has 0 spiro atoms. The van der Waals surface area contributed by atoms with Gasteiger partial charge in [-0.2, -0.15) is 0 Å². The van der Waals surface area contributed by atoms with Crippen molar-refractivity contribution >= 4 is 0 Å². The van der Waals surface area contributed by atoms with Gasteiger partial charge >= 0.3 is 0 Å². The minimum atomic E-state index is 1.06. The zero-order valence-electron chi connectivity index (χ0n) is 18.2. The first-order valence-corrected chi connectivity index (χ1v) is 11.0. The number of hydrogen-bond acceptors (Lipinski definition) is 5. The Morgan fingerprint density at radius 3 is 1.81 bits per heavy atom. The van der Waals surface area contributed by atoms with Crippen LogP contribution in [0.15, 0.2) is 0 Å². The number of rotatable bonds is 7. The molecule has 1 saturated heterocycles. The Bertz CT molecular complexity index is 313. The molecule has 0 bridgehead atoms. The van der Waals surface area contributed by atoms with Crippen molar-refractivity contribution in [1.82, 2.24) is 25.8 Å². The number of nitrogens with one attached hydrogen (secondary N) is 3. The van der Waals surface area contributed by atoms with Gasteiger partial charge in [0.15, 0.2) is 0 Å². The van der Waals surface area contributed by atoms with Crippen LogP contribution in [0.5, 0.6) is 0 Å². The van der Waals surface area contributed by atoms with Crippen molar-refractivity contribution in [2.24, 2.45) is 0 Å². The Morgan fingerprint density at radius 2 is 1.23 bits per heavy atom. The summed E-state index contributed by atoms with van der Waals surface area (Å²) in [6, 6.07) is 0. The first-order valence-electron chi connectivity index (χ1n) is 11.0. The largest absolute Gasteiger partial charge is 0.324 e. The van der Waals surface area contributed by atoms with Gasteiger partial charge in [0.25, 0.3) is 0 Å². The van der Waals surface area contributed by atoms with E-state index in [4.69, 9.17) is 0 Å². The molecule has 0 aliphatic carbocycles. The minimum Gasteiger partial charge on any atom is -0.324 e. The molecular weight excluding hydrogens is 324 g/mol. The predicted octanol–water partition coefficient (Wildman–Crippen LogP) is 0.269. The lowest BCUT2D eigenvalue weighted by Crippen LogP contribution is -2.49. The molecule has 1 aliphatic heterocycles. The topological polar surface area (TPSA) is 42.6 Å². The van der Waals surface area contributed by atoms with E-state index in [1.165, 1.54) is 50.2 Å². The Morgan fingerprint density at radius 1 is 0.692 bits per heavy atom. The van der Waals surface area contributed by atoms with E-state index in [2.05, 4.69) is 53.6 Å². The summed E-state index contributed by atoms with van der Waals surface area (Å²) in [4.78, 5) is 5.13. The molecule has 1 heterocycles. The molecule has 0 saturated carbocycles. The molecule has 0 unspecified atom stereocenters. The molecule has 26 heavy (non-hydrogen) atoms. The van der Waals surface area contributed by atoms with Gasteiger partial charge in [-0.05, 0) is 27.8 Å².